The van der Waals surface area contributed by atoms with Crippen molar-refractivity contribution in [1.82, 2.24) is 0 Å². The van der Waals surface area contributed by atoms with E-state index in [-0.39, 0.29) is 0 Å². The largest absolute Gasteiger partial charge is 0.390 e. The maximum absolute atomic E-state index is 12.9. The van der Waals surface area contributed by atoms with E-state index in [9.17, 15) is 9.50 Å². The molecule has 0 heterocycles. The van der Waals surface area contributed by atoms with E-state index in [1.165, 1.54) is 26.4 Å². The average molecular weight is 277 g/mol. The van der Waals surface area contributed by atoms with Gasteiger partial charge in [0.1, 0.15) is 5.82 Å². The Morgan fingerprint density at radius 1 is 1.39 bits per heavy atom. The van der Waals surface area contributed by atoms with Gasteiger partial charge in [-0.25, -0.2) is 4.39 Å². The summed E-state index contributed by atoms with van der Waals surface area (Å²) in [6, 6.07) is 4.12. The first-order valence-electron chi connectivity index (χ1n) is 5.60. The number of methoxy groups -OCH3 is 2. The number of hydrogen-bond acceptors (Lipinski definition) is 3. The van der Waals surface area contributed by atoms with Gasteiger partial charge in [0.05, 0.1) is 5.60 Å². The minimum Gasteiger partial charge on any atom is -0.390 e. The molecule has 0 aliphatic rings. The monoisotopic (exact) mass is 276 g/mol. The molecular formula is C13H18ClFO3. The van der Waals surface area contributed by atoms with Crippen molar-refractivity contribution in [2.45, 2.75) is 31.7 Å². The molecule has 0 bridgehead atoms. The quantitative estimate of drug-likeness (QED) is 0.812. The summed E-state index contributed by atoms with van der Waals surface area (Å²) in [5, 5.41) is 10.6. The Hall–Kier alpha value is -0.680. The molecule has 102 valence electrons. The highest BCUT2D eigenvalue weighted by molar-refractivity contribution is 6.31. The summed E-state index contributed by atoms with van der Waals surface area (Å²) < 4.78 is 23.0. The molecule has 0 fully saturated rings. The van der Waals surface area contributed by atoms with Gasteiger partial charge in [-0.2, -0.15) is 0 Å². The van der Waals surface area contributed by atoms with Crippen molar-refractivity contribution in [3.63, 3.8) is 0 Å². The summed E-state index contributed by atoms with van der Waals surface area (Å²) in [4.78, 5) is 0. The van der Waals surface area contributed by atoms with Gasteiger partial charge in [-0.3, -0.25) is 0 Å². The molecule has 0 saturated heterocycles. The zero-order chi connectivity index (χ0) is 13.8. The number of aliphatic hydroxyl groups is 1. The van der Waals surface area contributed by atoms with Crippen molar-refractivity contribution < 1.29 is 19.0 Å². The topological polar surface area (TPSA) is 38.7 Å². The van der Waals surface area contributed by atoms with Gasteiger partial charge < -0.3 is 14.6 Å². The van der Waals surface area contributed by atoms with E-state index in [1.54, 1.807) is 13.0 Å². The van der Waals surface area contributed by atoms with Crippen LogP contribution in [0.3, 0.4) is 0 Å². The van der Waals surface area contributed by atoms with Crippen LogP contribution >= 0.6 is 11.6 Å². The summed E-state index contributed by atoms with van der Waals surface area (Å²) in [7, 11) is 3.02. The molecule has 0 aliphatic carbocycles. The lowest BCUT2D eigenvalue weighted by molar-refractivity contribution is -0.139. The third kappa shape index (κ3) is 4.53. The van der Waals surface area contributed by atoms with Crippen molar-refractivity contribution in [3.8, 4) is 0 Å². The first kappa shape index (κ1) is 15.4. The van der Waals surface area contributed by atoms with E-state index in [2.05, 4.69) is 0 Å². The summed E-state index contributed by atoms with van der Waals surface area (Å²) in [5.41, 5.74) is -0.355. The minimum absolute atomic E-state index is 0.299. The van der Waals surface area contributed by atoms with Crippen LogP contribution in [0.1, 0.15) is 18.9 Å². The molecular weight excluding hydrogens is 259 g/mol. The molecule has 1 aromatic rings. The van der Waals surface area contributed by atoms with Gasteiger partial charge in [-0.05, 0) is 24.6 Å². The molecule has 18 heavy (non-hydrogen) atoms. The molecule has 1 N–H and O–H groups in total. The number of halogens is 2. The Kier molecular flexibility index (Phi) is 5.53. The van der Waals surface area contributed by atoms with E-state index in [0.29, 0.717) is 23.4 Å². The molecule has 0 aromatic heterocycles. The predicted octanol–water partition coefficient (Wildman–Crippen LogP) is 2.78. The van der Waals surface area contributed by atoms with E-state index in [0.717, 1.165) is 0 Å². The van der Waals surface area contributed by atoms with Gasteiger partial charge in [-0.15, -0.1) is 0 Å². The van der Waals surface area contributed by atoms with Crippen molar-refractivity contribution in [3.05, 3.63) is 34.6 Å². The number of benzene rings is 1. The van der Waals surface area contributed by atoms with Gasteiger partial charge in [-0.1, -0.05) is 17.7 Å². The highest BCUT2D eigenvalue weighted by atomic mass is 35.5. The Morgan fingerprint density at radius 2 is 2.00 bits per heavy atom. The summed E-state index contributed by atoms with van der Waals surface area (Å²) in [6.45, 7) is 1.66. The SMILES string of the molecule is COC(CC(C)(O)Cc1ccc(F)cc1Cl)OC. The number of rotatable bonds is 6. The molecule has 0 amide bonds. The Balaban J connectivity index is 2.75. The van der Waals surface area contributed by atoms with Crippen LogP contribution < -0.4 is 0 Å². The molecule has 0 saturated carbocycles. The van der Waals surface area contributed by atoms with Crippen LogP contribution in [0, 0.1) is 5.82 Å². The average Bonchev–Trinajstić information content (AvgIpc) is 2.30. The fourth-order valence-corrected chi connectivity index (χ4v) is 2.00. The molecule has 1 rings (SSSR count). The molecule has 0 radical (unpaired) electrons. The summed E-state index contributed by atoms with van der Waals surface area (Å²) >= 11 is 5.93. The normalized spacial score (nSPS) is 14.8. The zero-order valence-corrected chi connectivity index (χ0v) is 11.5. The second-order valence-electron chi connectivity index (χ2n) is 4.51. The fraction of sp³-hybridized carbons (Fsp3) is 0.538. The molecule has 3 nitrogen and oxygen atoms in total. The molecule has 1 unspecified atom stereocenters. The van der Waals surface area contributed by atoms with E-state index >= 15 is 0 Å². The molecule has 1 atom stereocenters. The molecule has 5 heteroatoms. The van der Waals surface area contributed by atoms with Crippen LogP contribution in [0.15, 0.2) is 18.2 Å². The first-order valence-corrected chi connectivity index (χ1v) is 5.97. The van der Waals surface area contributed by atoms with Crippen molar-refractivity contribution in [1.29, 1.82) is 0 Å². The summed E-state index contributed by atoms with van der Waals surface area (Å²) in [5.74, 6) is -0.393. The zero-order valence-electron chi connectivity index (χ0n) is 10.7. The van der Waals surface area contributed by atoms with Crippen LogP contribution in [-0.2, 0) is 15.9 Å². The van der Waals surface area contributed by atoms with Crippen LogP contribution in [0.2, 0.25) is 5.02 Å². The highest BCUT2D eigenvalue weighted by Gasteiger charge is 2.26. The maximum atomic E-state index is 12.9. The third-order valence-corrected chi connectivity index (χ3v) is 3.07. The Bertz CT molecular complexity index is 392. The highest BCUT2D eigenvalue weighted by Crippen LogP contribution is 2.25. The Morgan fingerprint density at radius 3 is 2.50 bits per heavy atom. The number of hydrogen-bond donors (Lipinski definition) is 1. The maximum Gasteiger partial charge on any atom is 0.159 e. The van der Waals surface area contributed by atoms with Crippen LogP contribution in [0.25, 0.3) is 0 Å². The second-order valence-corrected chi connectivity index (χ2v) is 4.92. The molecule has 0 aliphatic heterocycles. The van der Waals surface area contributed by atoms with Gasteiger partial charge in [0.2, 0.25) is 0 Å². The van der Waals surface area contributed by atoms with Crippen LogP contribution in [-0.4, -0.2) is 31.2 Å². The standard InChI is InChI=1S/C13H18ClFO3/c1-13(16,8-12(17-2)18-3)7-9-4-5-10(15)6-11(9)14/h4-6,12,16H,7-8H2,1-3H3. The fourth-order valence-electron chi connectivity index (χ4n) is 1.77. The lowest BCUT2D eigenvalue weighted by atomic mass is 9.93. The lowest BCUT2D eigenvalue weighted by Gasteiger charge is -2.27. The summed E-state index contributed by atoms with van der Waals surface area (Å²) in [6.07, 6.45) is 0.113. The molecule has 0 spiro atoms. The first-order chi connectivity index (χ1) is 8.38. The Labute approximate surface area is 111 Å². The van der Waals surface area contributed by atoms with E-state index < -0.39 is 17.7 Å². The predicted molar refractivity (Wildman–Crippen MR) is 68.2 cm³/mol. The molecule has 1 aromatic carbocycles. The van der Waals surface area contributed by atoms with E-state index in [1.807, 2.05) is 0 Å². The third-order valence-electron chi connectivity index (χ3n) is 2.72. The number of ether oxygens (including phenoxy) is 2. The second kappa shape index (κ2) is 6.48. The van der Waals surface area contributed by atoms with Gasteiger partial charge in [0, 0.05) is 32.1 Å². The van der Waals surface area contributed by atoms with Gasteiger partial charge in [0.15, 0.2) is 6.29 Å². The van der Waals surface area contributed by atoms with Crippen LogP contribution in [0.5, 0.6) is 0 Å². The van der Waals surface area contributed by atoms with Crippen molar-refractivity contribution in [2.75, 3.05) is 14.2 Å². The van der Waals surface area contributed by atoms with Crippen LogP contribution in [0.4, 0.5) is 4.39 Å². The van der Waals surface area contributed by atoms with Crippen molar-refractivity contribution >= 4 is 11.6 Å². The minimum atomic E-state index is -1.04. The van der Waals surface area contributed by atoms with Crippen molar-refractivity contribution in [2.24, 2.45) is 0 Å². The van der Waals surface area contributed by atoms with E-state index in [4.69, 9.17) is 21.1 Å². The lowest BCUT2D eigenvalue weighted by Crippen LogP contribution is -2.34. The smallest absolute Gasteiger partial charge is 0.159 e. The van der Waals surface area contributed by atoms with Gasteiger partial charge >= 0.3 is 0 Å². The van der Waals surface area contributed by atoms with Gasteiger partial charge in [0.25, 0.3) is 0 Å².